The summed E-state index contributed by atoms with van der Waals surface area (Å²) >= 11 is 0. The van der Waals surface area contributed by atoms with E-state index < -0.39 is 0 Å². The van der Waals surface area contributed by atoms with Crippen LogP contribution in [0.3, 0.4) is 0 Å². The van der Waals surface area contributed by atoms with E-state index in [4.69, 9.17) is 5.73 Å². The molecule has 0 fully saturated rings. The molecule has 0 aromatic carbocycles. The van der Waals surface area contributed by atoms with Gasteiger partial charge in [0, 0.05) is 24.6 Å². The lowest BCUT2D eigenvalue weighted by Gasteiger charge is -2.10. The number of nitrogens with two attached hydrogens (primary N) is 1. The smallest absolute Gasteiger partial charge is 0.140 e. The Morgan fingerprint density at radius 2 is 2.12 bits per heavy atom. The van der Waals surface area contributed by atoms with Crippen molar-refractivity contribution in [2.75, 3.05) is 0 Å². The lowest BCUT2D eigenvalue weighted by Crippen LogP contribution is -2.18. The zero-order valence-corrected chi connectivity index (χ0v) is 10.5. The standard InChI is InChI=1S/C13H18N4/c1-9-6-12(7-10(2)14)8-16-13(9)17-5-4-15-11(17)3/h4-6,8,10H,7,14H2,1-3H3. The highest BCUT2D eigenvalue weighted by Gasteiger charge is 2.07. The summed E-state index contributed by atoms with van der Waals surface area (Å²) in [5.74, 6) is 1.88. The SMILES string of the molecule is Cc1cc(CC(C)N)cnc1-n1ccnc1C. The molecule has 0 aliphatic carbocycles. The molecular weight excluding hydrogens is 212 g/mol. The van der Waals surface area contributed by atoms with E-state index in [-0.39, 0.29) is 6.04 Å². The Morgan fingerprint density at radius 3 is 2.65 bits per heavy atom. The van der Waals surface area contributed by atoms with Crippen LogP contribution in [0.4, 0.5) is 0 Å². The molecule has 1 unspecified atom stereocenters. The maximum atomic E-state index is 5.79. The Bertz CT molecular complexity index is 514. The zero-order valence-electron chi connectivity index (χ0n) is 10.5. The maximum absolute atomic E-state index is 5.79. The molecule has 0 aliphatic heterocycles. The number of hydrogen-bond acceptors (Lipinski definition) is 3. The lowest BCUT2D eigenvalue weighted by atomic mass is 10.1. The molecule has 17 heavy (non-hydrogen) atoms. The summed E-state index contributed by atoms with van der Waals surface area (Å²) in [4.78, 5) is 8.71. The van der Waals surface area contributed by atoms with Gasteiger partial charge in [-0.05, 0) is 38.3 Å². The van der Waals surface area contributed by atoms with E-state index in [1.807, 2.05) is 30.8 Å². The van der Waals surface area contributed by atoms with Crippen LogP contribution in [0.15, 0.2) is 24.7 Å². The minimum Gasteiger partial charge on any atom is -0.328 e. The van der Waals surface area contributed by atoms with E-state index in [0.717, 1.165) is 23.6 Å². The van der Waals surface area contributed by atoms with Crippen LogP contribution in [0.1, 0.15) is 23.9 Å². The van der Waals surface area contributed by atoms with Crippen LogP contribution < -0.4 is 5.73 Å². The van der Waals surface area contributed by atoms with Crippen molar-refractivity contribution in [1.29, 1.82) is 0 Å². The van der Waals surface area contributed by atoms with Gasteiger partial charge >= 0.3 is 0 Å². The normalized spacial score (nSPS) is 12.7. The van der Waals surface area contributed by atoms with E-state index in [1.54, 1.807) is 6.20 Å². The van der Waals surface area contributed by atoms with E-state index in [1.165, 1.54) is 5.56 Å². The molecule has 2 heterocycles. The Balaban J connectivity index is 2.35. The van der Waals surface area contributed by atoms with Crippen molar-refractivity contribution in [1.82, 2.24) is 14.5 Å². The van der Waals surface area contributed by atoms with Crippen molar-refractivity contribution < 1.29 is 0 Å². The highest BCUT2D eigenvalue weighted by molar-refractivity contribution is 5.36. The summed E-state index contributed by atoms with van der Waals surface area (Å²) in [6.45, 7) is 6.03. The van der Waals surface area contributed by atoms with Gasteiger partial charge in [0.2, 0.25) is 0 Å². The van der Waals surface area contributed by atoms with Gasteiger partial charge in [-0.2, -0.15) is 0 Å². The number of rotatable bonds is 3. The third kappa shape index (κ3) is 2.53. The molecule has 4 heteroatoms. The summed E-state index contributed by atoms with van der Waals surface area (Å²) in [5.41, 5.74) is 8.11. The van der Waals surface area contributed by atoms with Crippen molar-refractivity contribution in [3.8, 4) is 5.82 Å². The molecule has 0 amide bonds. The van der Waals surface area contributed by atoms with Crippen molar-refractivity contribution in [3.05, 3.63) is 41.6 Å². The van der Waals surface area contributed by atoms with Crippen LogP contribution in [0.5, 0.6) is 0 Å². The second-order valence-electron chi connectivity index (χ2n) is 4.51. The first-order chi connectivity index (χ1) is 8.08. The van der Waals surface area contributed by atoms with Crippen molar-refractivity contribution in [2.45, 2.75) is 33.2 Å². The van der Waals surface area contributed by atoms with E-state index in [0.29, 0.717) is 0 Å². The molecule has 90 valence electrons. The second-order valence-corrected chi connectivity index (χ2v) is 4.51. The Labute approximate surface area is 102 Å². The molecule has 4 nitrogen and oxygen atoms in total. The van der Waals surface area contributed by atoms with Gasteiger partial charge in [-0.25, -0.2) is 9.97 Å². The highest BCUT2D eigenvalue weighted by atomic mass is 15.1. The minimum absolute atomic E-state index is 0.164. The fourth-order valence-corrected chi connectivity index (χ4v) is 1.96. The molecule has 0 spiro atoms. The van der Waals surface area contributed by atoms with Crippen LogP contribution in [-0.2, 0) is 6.42 Å². The van der Waals surface area contributed by atoms with Crippen molar-refractivity contribution in [2.24, 2.45) is 5.73 Å². The van der Waals surface area contributed by atoms with Gasteiger partial charge in [0.1, 0.15) is 11.6 Å². The first kappa shape index (κ1) is 11.8. The van der Waals surface area contributed by atoms with Gasteiger partial charge in [0.25, 0.3) is 0 Å². The monoisotopic (exact) mass is 230 g/mol. The summed E-state index contributed by atoms with van der Waals surface area (Å²) in [6, 6.07) is 2.31. The molecule has 0 saturated heterocycles. The van der Waals surface area contributed by atoms with Crippen molar-refractivity contribution in [3.63, 3.8) is 0 Å². The first-order valence-corrected chi connectivity index (χ1v) is 5.79. The Hall–Kier alpha value is -1.68. The Kier molecular flexibility index (Phi) is 3.24. The third-order valence-corrected chi connectivity index (χ3v) is 2.72. The quantitative estimate of drug-likeness (QED) is 0.874. The van der Waals surface area contributed by atoms with Crippen LogP contribution >= 0.6 is 0 Å². The van der Waals surface area contributed by atoms with Crippen LogP contribution in [0, 0.1) is 13.8 Å². The first-order valence-electron chi connectivity index (χ1n) is 5.79. The molecule has 2 aromatic rings. The molecule has 2 N–H and O–H groups in total. The van der Waals surface area contributed by atoms with Crippen LogP contribution in [0.2, 0.25) is 0 Å². The number of hydrogen-bond donors (Lipinski definition) is 1. The average molecular weight is 230 g/mol. The molecule has 0 radical (unpaired) electrons. The second kappa shape index (κ2) is 4.67. The minimum atomic E-state index is 0.164. The molecule has 2 aromatic heterocycles. The fraction of sp³-hybridized carbons (Fsp3) is 0.385. The van der Waals surface area contributed by atoms with Crippen LogP contribution in [0.25, 0.3) is 5.82 Å². The number of pyridine rings is 1. The third-order valence-electron chi connectivity index (χ3n) is 2.72. The van der Waals surface area contributed by atoms with E-state index in [2.05, 4.69) is 23.0 Å². The molecule has 0 aliphatic rings. The lowest BCUT2D eigenvalue weighted by molar-refractivity contribution is 0.733. The molecule has 0 bridgehead atoms. The van der Waals surface area contributed by atoms with Crippen molar-refractivity contribution >= 4 is 0 Å². The van der Waals surface area contributed by atoms with Gasteiger partial charge < -0.3 is 5.73 Å². The molecular formula is C13H18N4. The predicted octanol–water partition coefficient (Wildman–Crippen LogP) is 1.77. The van der Waals surface area contributed by atoms with Gasteiger partial charge in [-0.3, -0.25) is 4.57 Å². The number of nitrogens with zero attached hydrogens (tertiary/aromatic N) is 3. The summed E-state index contributed by atoms with van der Waals surface area (Å²) in [5, 5.41) is 0. The largest absolute Gasteiger partial charge is 0.328 e. The summed E-state index contributed by atoms with van der Waals surface area (Å²) in [6.07, 6.45) is 6.46. The molecule has 2 rings (SSSR count). The van der Waals surface area contributed by atoms with Crippen LogP contribution in [-0.4, -0.2) is 20.6 Å². The van der Waals surface area contributed by atoms with E-state index >= 15 is 0 Å². The van der Waals surface area contributed by atoms with Gasteiger partial charge in [0.15, 0.2) is 0 Å². The number of imidazole rings is 1. The maximum Gasteiger partial charge on any atom is 0.140 e. The van der Waals surface area contributed by atoms with E-state index in [9.17, 15) is 0 Å². The number of aromatic nitrogens is 3. The summed E-state index contributed by atoms with van der Waals surface area (Å²) in [7, 11) is 0. The Morgan fingerprint density at radius 1 is 1.35 bits per heavy atom. The topological polar surface area (TPSA) is 56.7 Å². The molecule has 0 saturated carbocycles. The average Bonchev–Trinajstić information content (AvgIpc) is 2.64. The highest BCUT2D eigenvalue weighted by Crippen LogP contribution is 2.14. The number of aryl methyl sites for hydroxylation is 2. The fourth-order valence-electron chi connectivity index (χ4n) is 1.96. The van der Waals surface area contributed by atoms with Gasteiger partial charge in [0.05, 0.1) is 0 Å². The zero-order chi connectivity index (χ0) is 12.4. The van der Waals surface area contributed by atoms with Gasteiger partial charge in [-0.1, -0.05) is 6.07 Å². The predicted molar refractivity (Wildman–Crippen MR) is 68.2 cm³/mol. The summed E-state index contributed by atoms with van der Waals surface area (Å²) < 4.78 is 1.99. The van der Waals surface area contributed by atoms with Gasteiger partial charge in [-0.15, -0.1) is 0 Å². The molecule has 1 atom stereocenters.